The van der Waals surface area contributed by atoms with E-state index in [1.54, 1.807) is 24.3 Å². The smallest absolute Gasteiger partial charge is 0.153 e. The molecule has 17 heavy (non-hydrogen) atoms. The number of rotatable bonds is 2. The van der Waals surface area contributed by atoms with Crippen LogP contribution in [0.2, 0.25) is 10.0 Å². The van der Waals surface area contributed by atoms with Crippen molar-refractivity contribution < 1.29 is 9.18 Å². The molecule has 2 aromatic rings. The van der Waals surface area contributed by atoms with Crippen LogP contribution in [-0.2, 0) is 0 Å². The Labute approximate surface area is 108 Å². The fourth-order valence-electron chi connectivity index (χ4n) is 1.49. The summed E-state index contributed by atoms with van der Waals surface area (Å²) in [5.41, 5.74) is 1.52. The van der Waals surface area contributed by atoms with Crippen molar-refractivity contribution in [2.45, 2.75) is 0 Å². The maximum atomic E-state index is 13.2. The van der Waals surface area contributed by atoms with Gasteiger partial charge in [0.2, 0.25) is 0 Å². The van der Waals surface area contributed by atoms with Gasteiger partial charge >= 0.3 is 0 Å². The normalized spacial score (nSPS) is 10.3. The van der Waals surface area contributed by atoms with E-state index in [2.05, 4.69) is 0 Å². The van der Waals surface area contributed by atoms with E-state index in [0.717, 1.165) is 5.56 Å². The summed E-state index contributed by atoms with van der Waals surface area (Å²) in [7, 11) is 0. The molecule has 0 amide bonds. The van der Waals surface area contributed by atoms with Crippen molar-refractivity contribution in [3.8, 4) is 11.1 Å². The summed E-state index contributed by atoms with van der Waals surface area (Å²) in [6.45, 7) is 0. The molecule has 86 valence electrons. The van der Waals surface area contributed by atoms with Crippen molar-refractivity contribution in [2.24, 2.45) is 0 Å². The van der Waals surface area contributed by atoms with Crippen molar-refractivity contribution in [2.75, 3.05) is 0 Å². The van der Waals surface area contributed by atoms with Crippen LogP contribution in [0, 0.1) is 5.82 Å². The lowest BCUT2D eigenvalue weighted by molar-refractivity contribution is 0.112. The van der Waals surface area contributed by atoms with Crippen LogP contribution < -0.4 is 0 Å². The minimum Gasteiger partial charge on any atom is -0.298 e. The van der Waals surface area contributed by atoms with E-state index >= 15 is 0 Å². The van der Waals surface area contributed by atoms with Crippen LogP contribution in [0.1, 0.15) is 10.4 Å². The molecule has 0 radical (unpaired) electrons. The van der Waals surface area contributed by atoms with Crippen LogP contribution in [0.25, 0.3) is 11.1 Å². The highest BCUT2D eigenvalue weighted by Gasteiger charge is 2.06. The maximum Gasteiger partial charge on any atom is 0.153 e. The summed E-state index contributed by atoms with van der Waals surface area (Å²) < 4.78 is 13.2. The van der Waals surface area contributed by atoms with E-state index in [1.807, 2.05) is 0 Å². The Hall–Kier alpha value is -1.38. The molecule has 0 heterocycles. The van der Waals surface area contributed by atoms with Crippen LogP contribution in [0.15, 0.2) is 36.4 Å². The van der Waals surface area contributed by atoms with Gasteiger partial charge in [0.25, 0.3) is 0 Å². The van der Waals surface area contributed by atoms with E-state index in [0.29, 0.717) is 21.9 Å². The van der Waals surface area contributed by atoms with Crippen LogP contribution in [0.4, 0.5) is 4.39 Å². The molecule has 2 aromatic carbocycles. The molecule has 0 fully saturated rings. The van der Waals surface area contributed by atoms with Gasteiger partial charge in [0.05, 0.1) is 15.6 Å². The molecule has 2 rings (SSSR count). The highest BCUT2D eigenvalue weighted by molar-refractivity contribution is 6.42. The van der Waals surface area contributed by atoms with Gasteiger partial charge in [-0.3, -0.25) is 4.79 Å². The van der Waals surface area contributed by atoms with E-state index in [1.165, 1.54) is 12.1 Å². The number of hydrogen-bond donors (Lipinski definition) is 0. The first kappa shape index (κ1) is 12.1. The van der Waals surface area contributed by atoms with Crippen molar-refractivity contribution in [1.82, 2.24) is 0 Å². The standard InChI is InChI=1S/C13H7Cl2FO/c14-11-3-1-9(6-12(11)15)8-2-4-13(16)10(5-8)7-17/h1-7H. The van der Waals surface area contributed by atoms with Gasteiger partial charge in [-0.25, -0.2) is 4.39 Å². The molecule has 0 bridgehead atoms. The zero-order chi connectivity index (χ0) is 12.4. The minimum atomic E-state index is -0.538. The van der Waals surface area contributed by atoms with Crippen LogP contribution in [-0.4, -0.2) is 6.29 Å². The molecular formula is C13H7Cl2FO. The molecule has 1 nitrogen and oxygen atoms in total. The van der Waals surface area contributed by atoms with Crippen molar-refractivity contribution in [3.05, 3.63) is 57.8 Å². The Morgan fingerprint density at radius 3 is 2.24 bits per heavy atom. The van der Waals surface area contributed by atoms with Gasteiger partial charge in [-0.15, -0.1) is 0 Å². The SMILES string of the molecule is O=Cc1cc(-c2ccc(Cl)c(Cl)c2)ccc1F. The highest BCUT2D eigenvalue weighted by Crippen LogP contribution is 2.29. The first-order chi connectivity index (χ1) is 8.11. The summed E-state index contributed by atoms with van der Waals surface area (Å²) in [6, 6.07) is 9.40. The zero-order valence-corrected chi connectivity index (χ0v) is 10.1. The van der Waals surface area contributed by atoms with Crippen LogP contribution in [0.5, 0.6) is 0 Å². The highest BCUT2D eigenvalue weighted by atomic mass is 35.5. The molecular weight excluding hydrogens is 262 g/mol. The minimum absolute atomic E-state index is 0.0218. The lowest BCUT2D eigenvalue weighted by Crippen LogP contribution is -1.88. The van der Waals surface area contributed by atoms with Gasteiger partial charge in [-0.2, -0.15) is 0 Å². The number of halogens is 3. The van der Waals surface area contributed by atoms with E-state index in [-0.39, 0.29) is 5.56 Å². The van der Waals surface area contributed by atoms with Gasteiger partial charge in [-0.1, -0.05) is 35.3 Å². The van der Waals surface area contributed by atoms with E-state index in [4.69, 9.17) is 23.2 Å². The summed E-state index contributed by atoms with van der Waals surface area (Å²) in [5, 5.41) is 0.870. The molecule has 0 unspecified atom stereocenters. The van der Waals surface area contributed by atoms with Crippen molar-refractivity contribution in [3.63, 3.8) is 0 Å². The lowest BCUT2D eigenvalue weighted by atomic mass is 10.0. The maximum absolute atomic E-state index is 13.2. The van der Waals surface area contributed by atoms with Crippen LogP contribution >= 0.6 is 23.2 Å². The lowest BCUT2D eigenvalue weighted by Gasteiger charge is -2.05. The van der Waals surface area contributed by atoms with Crippen LogP contribution in [0.3, 0.4) is 0 Å². The molecule has 4 heteroatoms. The summed E-state index contributed by atoms with van der Waals surface area (Å²) in [6.07, 6.45) is 0.482. The van der Waals surface area contributed by atoms with E-state index in [9.17, 15) is 9.18 Å². The van der Waals surface area contributed by atoms with Gasteiger partial charge in [0.15, 0.2) is 6.29 Å². The summed E-state index contributed by atoms with van der Waals surface area (Å²) >= 11 is 11.7. The summed E-state index contributed by atoms with van der Waals surface area (Å²) in [4.78, 5) is 10.6. The van der Waals surface area contributed by atoms with Gasteiger partial charge in [0, 0.05) is 0 Å². The molecule has 0 aliphatic carbocycles. The molecule has 0 aliphatic rings. The predicted molar refractivity (Wildman–Crippen MR) is 67.2 cm³/mol. The number of carbonyl (C=O) groups excluding carboxylic acids is 1. The number of carbonyl (C=O) groups is 1. The quantitative estimate of drug-likeness (QED) is 0.727. The molecule has 0 saturated heterocycles. The Bertz CT molecular complexity index is 582. The third-order valence-electron chi connectivity index (χ3n) is 2.38. The fraction of sp³-hybridized carbons (Fsp3) is 0. The number of hydrogen-bond acceptors (Lipinski definition) is 1. The topological polar surface area (TPSA) is 17.1 Å². The average molecular weight is 269 g/mol. The second-order valence-corrected chi connectivity index (χ2v) is 4.30. The predicted octanol–water partition coefficient (Wildman–Crippen LogP) is 4.61. The van der Waals surface area contributed by atoms with Gasteiger partial charge in [0.1, 0.15) is 5.82 Å². The first-order valence-corrected chi connectivity index (χ1v) is 5.57. The molecule has 0 saturated carbocycles. The third kappa shape index (κ3) is 2.48. The average Bonchev–Trinajstić information content (AvgIpc) is 2.33. The van der Waals surface area contributed by atoms with Crippen molar-refractivity contribution in [1.29, 1.82) is 0 Å². The second-order valence-electron chi connectivity index (χ2n) is 3.48. The second kappa shape index (κ2) is 4.86. The molecule has 0 atom stereocenters. The monoisotopic (exact) mass is 268 g/mol. The molecule has 0 aromatic heterocycles. The molecule has 0 N–H and O–H groups in total. The molecule has 0 aliphatic heterocycles. The summed E-state index contributed by atoms with van der Waals surface area (Å²) in [5.74, 6) is -0.538. The first-order valence-electron chi connectivity index (χ1n) is 4.82. The largest absolute Gasteiger partial charge is 0.298 e. The fourth-order valence-corrected chi connectivity index (χ4v) is 1.79. The third-order valence-corrected chi connectivity index (χ3v) is 3.11. The Kier molecular flexibility index (Phi) is 3.46. The van der Waals surface area contributed by atoms with E-state index < -0.39 is 5.82 Å². The number of benzene rings is 2. The van der Waals surface area contributed by atoms with Gasteiger partial charge < -0.3 is 0 Å². The Balaban J connectivity index is 2.52. The Morgan fingerprint density at radius 1 is 0.941 bits per heavy atom. The zero-order valence-electron chi connectivity index (χ0n) is 8.58. The van der Waals surface area contributed by atoms with Crippen molar-refractivity contribution >= 4 is 29.5 Å². The van der Waals surface area contributed by atoms with Gasteiger partial charge in [-0.05, 0) is 35.4 Å². The molecule has 0 spiro atoms. The number of aldehydes is 1. The Morgan fingerprint density at radius 2 is 1.59 bits per heavy atom.